The lowest BCUT2D eigenvalue weighted by Gasteiger charge is -2.28. The summed E-state index contributed by atoms with van der Waals surface area (Å²) in [5.41, 5.74) is 1.01. The van der Waals surface area contributed by atoms with Gasteiger partial charge in [0.15, 0.2) is 0 Å². The Balaban J connectivity index is 1.99. The van der Waals surface area contributed by atoms with Gasteiger partial charge < -0.3 is 10.2 Å². The van der Waals surface area contributed by atoms with Crippen LogP contribution in [0.4, 0.5) is 4.79 Å². The first-order valence-electron chi connectivity index (χ1n) is 7.38. The van der Waals surface area contributed by atoms with Crippen LogP contribution in [0.1, 0.15) is 51.4 Å². The lowest BCUT2D eigenvalue weighted by Crippen LogP contribution is -2.47. The Morgan fingerprint density at radius 1 is 1.24 bits per heavy atom. The van der Waals surface area contributed by atoms with Crippen LogP contribution < -0.4 is 16.7 Å². The molecule has 1 spiro atoms. The van der Waals surface area contributed by atoms with Crippen LogP contribution in [0, 0.1) is 0 Å². The summed E-state index contributed by atoms with van der Waals surface area (Å²) >= 11 is 0. The number of hydrazine groups is 1. The van der Waals surface area contributed by atoms with Crippen LogP contribution in [0.15, 0.2) is 0 Å². The number of imide groups is 1. The number of urea groups is 1. The molecule has 8 heteroatoms. The molecule has 0 unspecified atom stereocenters. The molecule has 0 radical (unpaired) electrons. The van der Waals surface area contributed by atoms with Gasteiger partial charge in [0.1, 0.15) is 5.54 Å². The molecular formula is C13H22N4O4. The SMILES string of the molecule is NNOC(=O)CCN1C(=O)NC2(CCCCCCC2)C1=O. The average Bonchev–Trinajstić information content (AvgIpc) is 2.65. The van der Waals surface area contributed by atoms with Crippen LogP contribution in [-0.2, 0) is 14.4 Å². The second-order valence-corrected chi connectivity index (χ2v) is 5.58. The van der Waals surface area contributed by atoms with E-state index in [9.17, 15) is 14.4 Å². The van der Waals surface area contributed by atoms with Crippen molar-refractivity contribution in [1.82, 2.24) is 15.8 Å². The van der Waals surface area contributed by atoms with Crippen molar-refractivity contribution in [2.45, 2.75) is 56.9 Å². The number of carbonyl (C=O) groups is 3. The highest BCUT2D eigenvalue weighted by Gasteiger charge is 2.50. The number of rotatable bonds is 4. The van der Waals surface area contributed by atoms with Crippen LogP contribution in [-0.4, -0.2) is 34.9 Å². The number of hydrogen-bond acceptors (Lipinski definition) is 6. The number of nitrogens with zero attached hydrogens (tertiary/aromatic N) is 1. The topological polar surface area (TPSA) is 114 Å². The molecule has 118 valence electrons. The monoisotopic (exact) mass is 298 g/mol. The van der Waals surface area contributed by atoms with Gasteiger partial charge >= 0.3 is 12.0 Å². The summed E-state index contributed by atoms with van der Waals surface area (Å²) in [6.45, 7) is 0.00687. The Kier molecular flexibility index (Phi) is 5.13. The van der Waals surface area contributed by atoms with Gasteiger partial charge in [0.25, 0.3) is 5.91 Å². The van der Waals surface area contributed by atoms with Gasteiger partial charge in [0, 0.05) is 6.54 Å². The summed E-state index contributed by atoms with van der Waals surface area (Å²) in [6.07, 6.45) is 6.46. The van der Waals surface area contributed by atoms with Crippen molar-refractivity contribution in [1.29, 1.82) is 0 Å². The molecular weight excluding hydrogens is 276 g/mol. The second kappa shape index (κ2) is 6.86. The fourth-order valence-electron chi connectivity index (χ4n) is 3.05. The Labute approximate surface area is 123 Å². The van der Waals surface area contributed by atoms with E-state index in [0.717, 1.165) is 30.6 Å². The van der Waals surface area contributed by atoms with Crippen LogP contribution >= 0.6 is 0 Å². The van der Waals surface area contributed by atoms with E-state index in [4.69, 9.17) is 5.84 Å². The third kappa shape index (κ3) is 3.51. The summed E-state index contributed by atoms with van der Waals surface area (Å²) in [6, 6.07) is -0.422. The van der Waals surface area contributed by atoms with Gasteiger partial charge in [-0.1, -0.05) is 37.7 Å². The molecule has 0 aromatic carbocycles. The summed E-state index contributed by atoms with van der Waals surface area (Å²) in [4.78, 5) is 41.3. The zero-order valence-corrected chi connectivity index (χ0v) is 12.0. The summed E-state index contributed by atoms with van der Waals surface area (Å²) < 4.78 is 0. The second-order valence-electron chi connectivity index (χ2n) is 5.58. The van der Waals surface area contributed by atoms with Crippen LogP contribution in [0.3, 0.4) is 0 Å². The quantitative estimate of drug-likeness (QED) is 0.391. The molecule has 1 aliphatic carbocycles. The number of hydrogen-bond donors (Lipinski definition) is 3. The Morgan fingerprint density at radius 3 is 2.48 bits per heavy atom. The molecule has 2 rings (SSSR count). The van der Waals surface area contributed by atoms with Crippen LogP contribution in [0.5, 0.6) is 0 Å². The van der Waals surface area contributed by atoms with Crippen molar-refractivity contribution in [3.63, 3.8) is 0 Å². The van der Waals surface area contributed by atoms with E-state index < -0.39 is 17.5 Å². The highest BCUT2D eigenvalue weighted by atomic mass is 16.7. The van der Waals surface area contributed by atoms with E-state index in [-0.39, 0.29) is 18.9 Å². The minimum absolute atomic E-state index is 0.00687. The summed E-state index contributed by atoms with van der Waals surface area (Å²) in [5.74, 6) is 4.03. The van der Waals surface area contributed by atoms with Crippen LogP contribution in [0.2, 0.25) is 0 Å². The number of nitrogens with two attached hydrogens (primary N) is 1. The standard InChI is InChI=1S/C13H22N4O4/c14-16-21-10(18)6-9-17-11(19)13(15-12(17)20)7-4-2-1-3-5-8-13/h16H,1-9,14H2,(H,15,20). The Hall–Kier alpha value is -1.67. The number of amides is 3. The van der Waals surface area contributed by atoms with Gasteiger partial charge in [-0.2, -0.15) is 0 Å². The number of nitrogens with one attached hydrogen (secondary N) is 2. The molecule has 2 fully saturated rings. The lowest BCUT2D eigenvalue weighted by molar-refractivity contribution is -0.151. The van der Waals surface area contributed by atoms with E-state index in [0.29, 0.717) is 12.8 Å². The molecule has 0 aromatic heterocycles. The highest BCUT2D eigenvalue weighted by molar-refractivity contribution is 6.07. The molecule has 3 amide bonds. The molecule has 1 saturated carbocycles. The maximum absolute atomic E-state index is 12.6. The smallest absolute Gasteiger partial charge is 0.328 e. The predicted octanol–water partition coefficient (Wildman–Crippen LogP) is 0.333. The van der Waals surface area contributed by atoms with E-state index >= 15 is 0 Å². The third-order valence-corrected chi connectivity index (χ3v) is 4.17. The zero-order valence-electron chi connectivity index (χ0n) is 12.0. The van der Waals surface area contributed by atoms with Crippen molar-refractivity contribution >= 4 is 17.9 Å². The first kappa shape index (κ1) is 15.7. The molecule has 0 aromatic rings. The number of carbonyl (C=O) groups excluding carboxylic acids is 3. The minimum Gasteiger partial charge on any atom is -0.356 e. The van der Waals surface area contributed by atoms with Gasteiger partial charge in [-0.25, -0.2) is 10.6 Å². The molecule has 1 saturated heterocycles. The highest BCUT2D eigenvalue weighted by Crippen LogP contribution is 2.32. The molecule has 2 aliphatic rings. The molecule has 0 bridgehead atoms. The van der Waals surface area contributed by atoms with Gasteiger partial charge in [-0.3, -0.25) is 14.5 Å². The van der Waals surface area contributed by atoms with Crippen molar-refractivity contribution in [3.05, 3.63) is 0 Å². The predicted molar refractivity (Wildman–Crippen MR) is 73.3 cm³/mol. The Bertz CT molecular complexity index is 418. The van der Waals surface area contributed by atoms with Crippen molar-refractivity contribution in [2.75, 3.05) is 6.54 Å². The molecule has 1 aliphatic heterocycles. The zero-order chi connectivity index (χ0) is 15.3. The van der Waals surface area contributed by atoms with Gasteiger partial charge in [-0.05, 0) is 12.8 Å². The van der Waals surface area contributed by atoms with Crippen molar-refractivity contribution in [2.24, 2.45) is 5.84 Å². The fourth-order valence-corrected chi connectivity index (χ4v) is 3.05. The minimum atomic E-state index is -0.770. The van der Waals surface area contributed by atoms with Gasteiger partial charge in [-0.15, -0.1) is 0 Å². The first-order valence-corrected chi connectivity index (χ1v) is 7.38. The lowest BCUT2D eigenvalue weighted by atomic mass is 9.84. The molecule has 21 heavy (non-hydrogen) atoms. The van der Waals surface area contributed by atoms with Crippen LogP contribution in [0.25, 0.3) is 0 Å². The third-order valence-electron chi connectivity index (χ3n) is 4.17. The maximum atomic E-state index is 12.6. The van der Waals surface area contributed by atoms with Crippen molar-refractivity contribution < 1.29 is 19.2 Å². The fraction of sp³-hybridized carbons (Fsp3) is 0.769. The van der Waals surface area contributed by atoms with Gasteiger partial charge in [0.05, 0.1) is 6.42 Å². The summed E-state index contributed by atoms with van der Waals surface area (Å²) in [7, 11) is 0. The van der Waals surface area contributed by atoms with Crippen molar-refractivity contribution in [3.8, 4) is 0 Å². The molecule has 0 atom stereocenters. The normalized spacial score (nSPS) is 21.9. The molecule has 4 N–H and O–H groups in total. The molecule has 8 nitrogen and oxygen atoms in total. The first-order chi connectivity index (χ1) is 10.1. The van der Waals surface area contributed by atoms with E-state index in [1.54, 1.807) is 5.59 Å². The van der Waals surface area contributed by atoms with E-state index in [2.05, 4.69) is 10.2 Å². The molecule has 1 heterocycles. The largest absolute Gasteiger partial charge is 0.356 e. The average molecular weight is 298 g/mol. The summed E-state index contributed by atoms with van der Waals surface area (Å²) in [5, 5.41) is 2.84. The van der Waals surface area contributed by atoms with E-state index in [1.165, 1.54) is 6.42 Å². The Morgan fingerprint density at radius 2 is 1.86 bits per heavy atom. The van der Waals surface area contributed by atoms with Gasteiger partial charge in [0.2, 0.25) is 0 Å². The van der Waals surface area contributed by atoms with E-state index in [1.807, 2.05) is 0 Å². The maximum Gasteiger partial charge on any atom is 0.328 e.